The molecule has 1 saturated carbocycles. The van der Waals surface area contributed by atoms with Gasteiger partial charge < -0.3 is 4.74 Å². The predicted molar refractivity (Wildman–Crippen MR) is 123 cm³/mol. The van der Waals surface area contributed by atoms with Crippen LogP contribution >= 0.6 is 0 Å². The van der Waals surface area contributed by atoms with E-state index in [4.69, 9.17) is 19.8 Å². The van der Waals surface area contributed by atoms with Crippen LogP contribution in [0.2, 0.25) is 0 Å². The van der Waals surface area contributed by atoms with Crippen LogP contribution in [0.15, 0.2) is 36.4 Å². The minimum absolute atomic E-state index is 0.385. The number of aromatic nitrogens is 7. The minimum atomic E-state index is 0.385. The van der Waals surface area contributed by atoms with E-state index in [0.29, 0.717) is 18.3 Å². The molecular formula is C25H27N7O. The first-order valence-corrected chi connectivity index (χ1v) is 11.6. The van der Waals surface area contributed by atoms with E-state index in [2.05, 4.69) is 39.0 Å². The summed E-state index contributed by atoms with van der Waals surface area (Å²) in [5.41, 5.74) is 4.80. The Morgan fingerprint density at radius 1 is 0.939 bits per heavy atom. The SMILES string of the molecule is COc1ccc(Cc2nc(C)nn2-c2cc(C3CC3c3cc4n(n3)CCC4)nc(C)n2)cc1. The van der Waals surface area contributed by atoms with Gasteiger partial charge in [0.1, 0.15) is 23.2 Å². The molecule has 4 aromatic rings. The molecule has 8 heteroatoms. The maximum atomic E-state index is 5.27. The largest absolute Gasteiger partial charge is 0.497 e. The van der Waals surface area contributed by atoms with E-state index < -0.39 is 0 Å². The second-order valence-electron chi connectivity index (χ2n) is 9.05. The first-order valence-electron chi connectivity index (χ1n) is 11.6. The van der Waals surface area contributed by atoms with Crippen molar-refractivity contribution in [1.29, 1.82) is 0 Å². The second-order valence-corrected chi connectivity index (χ2v) is 9.05. The van der Waals surface area contributed by atoms with Gasteiger partial charge in [-0.05, 0) is 56.9 Å². The molecule has 6 rings (SSSR count). The summed E-state index contributed by atoms with van der Waals surface area (Å²) in [5, 5.41) is 9.50. The third-order valence-corrected chi connectivity index (χ3v) is 6.60. The summed E-state index contributed by atoms with van der Waals surface area (Å²) < 4.78 is 9.31. The maximum absolute atomic E-state index is 5.27. The highest BCUT2D eigenvalue weighted by Gasteiger charge is 2.43. The van der Waals surface area contributed by atoms with Crippen LogP contribution in [0.1, 0.15) is 64.8 Å². The van der Waals surface area contributed by atoms with Crippen molar-refractivity contribution >= 4 is 0 Å². The average Bonchev–Trinajstić information content (AvgIpc) is 3.09. The van der Waals surface area contributed by atoms with Gasteiger partial charge in [-0.15, -0.1) is 5.10 Å². The lowest BCUT2D eigenvalue weighted by atomic mass is 10.1. The van der Waals surface area contributed by atoms with Gasteiger partial charge in [-0.25, -0.2) is 15.0 Å². The van der Waals surface area contributed by atoms with E-state index in [1.54, 1.807) is 7.11 Å². The average molecular weight is 442 g/mol. The third kappa shape index (κ3) is 3.79. The number of ether oxygens (including phenoxy) is 1. The first kappa shape index (κ1) is 20.1. The van der Waals surface area contributed by atoms with Gasteiger partial charge in [0, 0.05) is 36.6 Å². The van der Waals surface area contributed by atoms with Crippen LogP contribution < -0.4 is 4.74 Å². The van der Waals surface area contributed by atoms with Crippen molar-refractivity contribution in [1.82, 2.24) is 34.5 Å². The lowest BCUT2D eigenvalue weighted by Crippen LogP contribution is -2.09. The van der Waals surface area contributed by atoms with Crippen LogP contribution in [0.3, 0.4) is 0 Å². The number of hydrogen-bond donors (Lipinski definition) is 0. The van der Waals surface area contributed by atoms with Crippen molar-refractivity contribution in [2.24, 2.45) is 0 Å². The first-order chi connectivity index (χ1) is 16.1. The number of hydrogen-bond acceptors (Lipinski definition) is 6. The highest BCUT2D eigenvalue weighted by atomic mass is 16.5. The van der Waals surface area contributed by atoms with Crippen molar-refractivity contribution in [3.8, 4) is 11.6 Å². The summed E-state index contributed by atoms with van der Waals surface area (Å²) in [4.78, 5) is 14.2. The van der Waals surface area contributed by atoms with Crippen LogP contribution in [0.4, 0.5) is 0 Å². The Bertz CT molecular complexity index is 1300. The summed E-state index contributed by atoms with van der Waals surface area (Å²) in [6.07, 6.45) is 4.10. The Hall–Kier alpha value is -3.55. The van der Waals surface area contributed by atoms with Gasteiger partial charge in [-0.3, -0.25) is 4.68 Å². The van der Waals surface area contributed by atoms with Gasteiger partial charge in [0.05, 0.1) is 18.5 Å². The maximum Gasteiger partial charge on any atom is 0.159 e. The Morgan fingerprint density at radius 3 is 2.55 bits per heavy atom. The summed E-state index contributed by atoms with van der Waals surface area (Å²) >= 11 is 0. The van der Waals surface area contributed by atoms with Crippen LogP contribution in [-0.4, -0.2) is 41.6 Å². The monoisotopic (exact) mass is 441 g/mol. The Balaban J connectivity index is 1.28. The third-order valence-electron chi connectivity index (χ3n) is 6.60. The molecule has 4 heterocycles. The van der Waals surface area contributed by atoms with Crippen LogP contribution in [0.25, 0.3) is 5.82 Å². The fraction of sp³-hybridized carbons (Fsp3) is 0.400. The van der Waals surface area contributed by atoms with E-state index in [1.165, 1.54) is 17.8 Å². The number of benzene rings is 1. The molecule has 0 amide bonds. The van der Waals surface area contributed by atoms with Crippen molar-refractivity contribution in [2.75, 3.05) is 7.11 Å². The zero-order valence-electron chi connectivity index (χ0n) is 19.2. The van der Waals surface area contributed by atoms with E-state index in [9.17, 15) is 0 Å². The molecule has 3 aromatic heterocycles. The van der Waals surface area contributed by atoms with Gasteiger partial charge in [0.25, 0.3) is 0 Å². The fourth-order valence-corrected chi connectivity index (χ4v) is 4.87. The molecule has 0 radical (unpaired) electrons. The molecule has 0 N–H and O–H groups in total. The zero-order chi connectivity index (χ0) is 22.5. The standard InChI is InChI=1S/C25H27N7O/c1-15-26-22(20-13-21(20)23-12-18-5-4-10-31(18)30-23)14-25(27-15)32-24(28-16(2)29-32)11-17-6-8-19(33-3)9-7-17/h6-9,12,14,20-21H,4-5,10-11,13H2,1-3H3. The van der Waals surface area contributed by atoms with E-state index >= 15 is 0 Å². The summed E-state index contributed by atoms with van der Waals surface area (Å²) in [6, 6.07) is 12.4. The highest BCUT2D eigenvalue weighted by molar-refractivity contribution is 5.36. The molecule has 0 spiro atoms. The second kappa shape index (κ2) is 7.79. The van der Waals surface area contributed by atoms with Gasteiger partial charge in [0.15, 0.2) is 5.82 Å². The molecule has 2 aliphatic rings. The smallest absolute Gasteiger partial charge is 0.159 e. The Kier molecular flexibility index (Phi) is 4.74. The molecule has 0 bridgehead atoms. The van der Waals surface area contributed by atoms with Crippen molar-refractivity contribution in [3.63, 3.8) is 0 Å². The molecule has 1 fully saturated rings. The molecule has 8 nitrogen and oxygen atoms in total. The lowest BCUT2D eigenvalue weighted by Gasteiger charge is -2.09. The molecule has 168 valence electrons. The number of nitrogens with zero attached hydrogens (tertiary/aromatic N) is 7. The summed E-state index contributed by atoms with van der Waals surface area (Å²) in [5.74, 6) is 4.79. The minimum Gasteiger partial charge on any atom is -0.497 e. The van der Waals surface area contributed by atoms with E-state index in [0.717, 1.165) is 59.7 Å². The molecule has 1 aromatic carbocycles. The Labute approximate surface area is 192 Å². The van der Waals surface area contributed by atoms with Gasteiger partial charge in [-0.1, -0.05) is 12.1 Å². The van der Waals surface area contributed by atoms with Crippen LogP contribution in [0, 0.1) is 13.8 Å². The van der Waals surface area contributed by atoms with Crippen molar-refractivity contribution in [2.45, 2.75) is 57.9 Å². The zero-order valence-corrected chi connectivity index (χ0v) is 19.2. The van der Waals surface area contributed by atoms with Gasteiger partial charge in [-0.2, -0.15) is 9.78 Å². The normalized spacial score (nSPS) is 19.0. The van der Waals surface area contributed by atoms with Crippen molar-refractivity contribution < 1.29 is 4.74 Å². The summed E-state index contributed by atoms with van der Waals surface area (Å²) in [7, 11) is 1.67. The predicted octanol–water partition coefficient (Wildman–Crippen LogP) is 3.69. The number of fused-ring (bicyclic) bond motifs is 1. The topological polar surface area (TPSA) is 83.5 Å². The van der Waals surface area contributed by atoms with Gasteiger partial charge in [0.2, 0.25) is 0 Å². The van der Waals surface area contributed by atoms with E-state index in [-0.39, 0.29) is 0 Å². The number of aryl methyl sites for hydroxylation is 4. The molecule has 0 saturated heterocycles. The van der Waals surface area contributed by atoms with Gasteiger partial charge >= 0.3 is 0 Å². The number of methoxy groups -OCH3 is 1. The molecule has 2 atom stereocenters. The fourth-order valence-electron chi connectivity index (χ4n) is 4.87. The lowest BCUT2D eigenvalue weighted by molar-refractivity contribution is 0.414. The van der Waals surface area contributed by atoms with Crippen LogP contribution in [-0.2, 0) is 19.4 Å². The van der Waals surface area contributed by atoms with E-state index in [1.807, 2.05) is 30.7 Å². The number of rotatable bonds is 6. The molecular weight excluding hydrogens is 414 g/mol. The van der Waals surface area contributed by atoms with Crippen LogP contribution in [0.5, 0.6) is 5.75 Å². The molecule has 33 heavy (non-hydrogen) atoms. The summed E-state index contributed by atoms with van der Waals surface area (Å²) in [6.45, 7) is 4.91. The Morgan fingerprint density at radius 2 is 1.76 bits per heavy atom. The van der Waals surface area contributed by atoms with Crippen molar-refractivity contribution in [3.05, 3.63) is 76.5 Å². The quantitative estimate of drug-likeness (QED) is 0.454. The molecule has 1 aliphatic carbocycles. The highest BCUT2D eigenvalue weighted by Crippen LogP contribution is 2.54. The molecule has 1 aliphatic heterocycles. The molecule has 2 unspecified atom stereocenters.